The minimum atomic E-state index is -0.504. The van der Waals surface area contributed by atoms with Crippen LogP contribution < -0.4 is 10.1 Å². The molecular formula is C26H29ClN4O4S. The van der Waals surface area contributed by atoms with E-state index >= 15 is 0 Å². The van der Waals surface area contributed by atoms with E-state index < -0.39 is 5.97 Å². The molecule has 1 aromatic heterocycles. The summed E-state index contributed by atoms with van der Waals surface area (Å²) in [6.45, 7) is 2.20. The Bertz CT molecular complexity index is 1230. The Kier molecular flexibility index (Phi) is 8.88. The molecule has 1 saturated carbocycles. The highest BCUT2D eigenvalue weighted by molar-refractivity contribution is 7.99. The van der Waals surface area contributed by atoms with Gasteiger partial charge in [0.1, 0.15) is 12.4 Å². The number of thioether (sulfide) groups is 1. The van der Waals surface area contributed by atoms with Gasteiger partial charge in [0.2, 0.25) is 5.91 Å². The number of anilines is 1. The molecule has 0 aliphatic heterocycles. The Balaban J connectivity index is 1.46. The molecule has 2 aromatic carbocycles. The number of esters is 1. The molecule has 190 valence electrons. The number of carbonyl (C=O) groups excluding carboxylic acids is 2. The number of para-hydroxylation sites is 1. The second kappa shape index (κ2) is 12.3. The van der Waals surface area contributed by atoms with Crippen molar-refractivity contribution in [3.05, 3.63) is 64.4 Å². The number of carbonyl (C=O) groups is 2. The number of nitrogens with one attached hydrogen (secondary N) is 1. The van der Waals surface area contributed by atoms with Gasteiger partial charge in [0, 0.05) is 11.1 Å². The maximum absolute atomic E-state index is 12.7. The molecule has 0 unspecified atom stereocenters. The molecule has 0 atom stereocenters. The lowest BCUT2D eigenvalue weighted by Gasteiger charge is -2.25. The largest absolute Gasteiger partial charge is 0.486 e. The first-order valence-electron chi connectivity index (χ1n) is 11.9. The maximum Gasteiger partial charge on any atom is 0.339 e. The van der Waals surface area contributed by atoms with E-state index in [1.165, 1.54) is 25.3 Å². The van der Waals surface area contributed by atoms with Crippen LogP contribution in [0, 0.1) is 6.92 Å². The van der Waals surface area contributed by atoms with Gasteiger partial charge in [-0.25, -0.2) is 4.79 Å². The van der Waals surface area contributed by atoms with E-state index in [-0.39, 0.29) is 24.3 Å². The number of aromatic nitrogens is 3. The van der Waals surface area contributed by atoms with Crippen molar-refractivity contribution in [3.63, 3.8) is 0 Å². The summed E-state index contributed by atoms with van der Waals surface area (Å²) in [6, 6.07) is 12.6. The number of benzene rings is 2. The number of hydrogen-bond donors (Lipinski definition) is 1. The van der Waals surface area contributed by atoms with Crippen LogP contribution >= 0.6 is 23.4 Å². The number of ether oxygens (including phenoxy) is 2. The standard InChI is InChI=1S/C26H29ClN4O4S/c1-17-14-19(12-13-21(17)27)35-15-23-29-30-26(31(23)18-8-4-3-5-9-18)36-16-24(32)28-22-11-7-6-10-20(22)25(33)34-2/h6-7,10-14,18H,3-5,8-9,15-16H2,1-2H3,(H,28,32). The summed E-state index contributed by atoms with van der Waals surface area (Å²) in [5.74, 6) is 0.818. The Hall–Kier alpha value is -3.04. The van der Waals surface area contributed by atoms with E-state index in [1.54, 1.807) is 24.3 Å². The Labute approximate surface area is 219 Å². The van der Waals surface area contributed by atoms with Crippen molar-refractivity contribution in [1.29, 1.82) is 0 Å². The monoisotopic (exact) mass is 528 g/mol. The Morgan fingerprint density at radius 3 is 2.67 bits per heavy atom. The number of amides is 1. The van der Waals surface area contributed by atoms with Gasteiger partial charge < -0.3 is 14.8 Å². The molecule has 0 bridgehead atoms. The van der Waals surface area contributed by atoms with Gasteiger partial charge in [-0.15, -0.1) is 10.2 Å². The first kappa shape index (κ1) is 26.0. The average molecular weight is 529 g/mol. The molecule has 4 rings (SSSR count). The van der Waals surface area contributed by atoms with Gasteiger partial charge >= 0.3 is 5.97 Å². The molecule has 0 saturated heterocycles. The van der Waals surface area contributed by atoms with Crippen LogP contribution in [0.5, 0.6) is 5.75 Å². The normalized spacial score (nSPS) is 13.9. The van der Waals surface area contributed by atoms with E-state index in [9.17, 15) is 9.59 Å². The van der Waals surface area contributed by atoms with Crippen molar-refractivity contribution < 1.29 is 19.1 Å². The summed E-state index contributed by atoms with van der Waals surface area (Å²) in [4.78, 5) is 24.7. The third-order valence-corrected chi connectivity index (χ3v) is 7.48. The van der Waals surface area contributed by atoms with E-state index in [4.69, 9.17) is 21.1 Å². The molecule has 10 heteroatoms. The highest BCUT2D eigenvalue weighted by Gasteiger charge is 2.24. The summed E-state index contributed by atoms with van der Waals surface area (Å²) in [5, 5.41) is 13.0. The quantitative estimate of drug-likeness (QED) is 0.275. The minimum Gasteiger partial charge on any atom is -0.486 e. The number of hydrogen-bond acceptors (Lipinski definition) is 7. The average Bonchev–Trinajstić information content (AvgIpc) is 3.31. The van der Waals surface area contributed by atoms with Crippen LogP contribution in [-0.4, -0.2) is 39.5 Å². The Morgan fingerprint density at radius 1 is 1.14 bits per heavy atom. The third-order valence-electron chi connectivity index (χ3n) is 6.11. The van der Waals surface area contributed by atoms with Gasteiger partial charge in [-0.3, -0.25) is 9.36 Å². The molecule has 1 heterocycles. The number of aryl methyl sites for hydroxylation is 1. The molecule has 1 N–H and O–H groups in total. The predicted molar refractivity (Wildman–Crippen MR) is 140 cm³/mol. The van der Waals surface area contributed by atoms with Crippen LogP contribution in [0.2, 0.25) is 5.02 Å². The SMILES string of the molecule is COC(=O)c1ccccc1NC(=O)CSc1nnc(COc2ccc(Cl)c(C)c2)n1C1CCCCC1. The van der Waals surface area contributed by atoms with Crippen molar-refractivity contribution in [1.82, 2.24) is 14.8 Å². The molecule has 1 amide bonds. The number of methoxy groups -OCH3 is 1. The van der Waals surface area contributed by atoms with Crippen molar-refractivity contribution >= 4 is 40.9 Å². The summed E-state index contributed by atoms with van der Waals surface area (Å²) >= 11 is 7.45. The van der Waals surface area contributed by atoms with Gasteiger partial charge in [-0.05, 0) is 55.7 Å². The summed E-state index contributed by atoms with van der Waals surface area (Å²) < 4.78 is 12.9. The summed E-state index contributed by atoms with van der Waals surface area (Å²) in [5.41, 5.74) is 1.66. The van der Waals surface area contributed by atoms with Gasteiger partial charge in [0.15, 0.2) is 11.0 Å². The molecule has 1 aliphatic carbocycles. The number of nitrogens with zero attached hydrogens (tertiary/aromatic N) is 3. The molecular weight excluding hydrogens is 500 g/mol. The minimum absolute atomic E-state index is 0.123. The van der Waals surface area contributed by atoms with Gasteiger partial charge in [0.25, 0.3) is 0 Å². The van der Waals surface area contributed by atoms with E-state index in [0.29, 0.717) is 27.2 Å². The van der Waals surface area contributed by atoms with Crippen molar-refractivity contribution in [2.24, 2.45) is 0 Å². The van der Waals surface area contributed by atoms with Crippen molar-refractivity contribution in [3.8, 4) is 5.75 Å². The zero-order valence-electron chi connectivity index (χ0n) is 20.3. The second-order valence-electron chi connectivity index (χ2n) is 8.63. The first-order chi connectivity index (χ1) is 17.5. The molecule has 8 nitrogen and oxygen atoms in total. The van der Waals surface area contributed by atoms with Crippen LogP contribution in [0.1, 0.15) is 59.9 Å². The molecule has 3 aromatic rings. The summed E-state index contributed by atoms with van der Waals surface area (Å²) in [6.07, 6.45) is 5.59. The third kappa shape index (κ3) is 6.39. The van der Waals surface area contributed by atoms with E-state index in [2.05, 4.69) is 20.1 Å². The van der Waals surface area contributed by atoms with Crippen molar-refractivity contribution in [2.75, 3.05) is 18.2 Å². The maximum atomic E-state index is 12.7. The Morgan fingerprint density at radius 2 is 1.92 bits per heavy atom. The lowest BCUT2D eigenvalue weighted by atomic mass is 9.95. The molecule has 36 heavy (non-hydrogen) atoms. The van der Waals surface area contributed by atoms with Gasteiger partial charge in [-0.2, -0.15) is 0 Å². The highest BCUT2D eigenvalue weighted by atomic mass is 35.5. The lowest BCUT2D eigenvalue weighted by Crippen LogP contribution is -2.19. The fraction of sp³-hybridized carbons (Fsp3) is 0.385. The van der Waals surface area contributed by atoms with Crippen LogP contribution in [0.15, 0.2) is 47.6 Å². The van der Waals surface area contributed by atoms with Crippen LogP contribution in [-0.2, 0) is 16.1 Å². The first-order valence-corrected chi connectivity index (χ1v) is 13.3. The van der Waals surface area contributed by atoms with E-state index in [1.807, 2.05) is 25.1 Å². The molecule has 1 aliphatic rings. The van der Waals surface area contributed by atoms with Crippen LogP contribution in [0.3, 0.4) is 0 Å². The zero-order valence-corrected chi connectivity index (χ0v) is 21.9. The molecule has 1 fully saturated rings. The number of halogens is 1. The lowest BCUT2D eigenvalue weighted by molar-refractivity contribution is -0.113. The zero-order chi connectivity index (χ0) is 25.5. The fourth-order valence-electron chi connectivity index (χ4n) is 4.26. The van der Waals surface area contributed by atoms with Crippen LogP contribution in [0.4, 0.5) is 5.69 Å². The predicted octanol–water partition coefficient (Wildman–Crippen LogP) is 5.84. The molecule has 0 radical (unpaired) electrons. The smallest absolute Gasteiger partial charge is 0.339 e. The number of rotatable bonds is 9. The van der Waals surface area contributed by atoms with E-state index in [0.717, 1.165) is 37.1 Å². The summed E-state index contributed by atoms with van der Waals surface area (Å²) in [7, 11) is 1.31. The van der Waals surface area contributed by atoms with Crippen LogP contribution in [0.25, 0.3) is 0 Å². The van der Waals surface area contributed by atoms with Gasteiger partial charge in [-0.1, -0.05) is 54.8 Å². The second-order valence-corrected chi connectivity index (χ2v) is 9.98. The fourth-order valence-corrected chi connectivity index (χ4v) is 5.20. The topological polar surface area (TPSA) is 95.3 Å². The van der Waals surface area contributed by atoms with Gasteiger partial charge in [0.05, 0.1) is 24.1 Å². The molecule has 0 spiro atoms. The highest BCUT2D eigenvalue weighted by Crippen LogP contribution is 2.33. The van der Waals surface area contributed by atoms with Crippen molar-refractivity contribution in [2.45, 2.75) is 56.8 Å².